The molecule has 1 aliphatic carbocycles. The fourth-order valence-corrected chi connectivity index (χ4v) is 2.54. The third-order valence-corrected chi connectivity index (χ3v) is 3.23. The SMILES string of the molecule is CC1(C)O[C@@H]2[C@@H](COC(=O)C(=O)O)C[C@@H](N)[C@@H]2O1. The average molecular weight is 259 g/mol. The summed E-state index contributed by atoms with van der Waals surface area (Å²) in [5, 5.41) is 8.42. The highest BCUT2D eigenvalue weighted by Gasteiger charge is 2.53. The summed E-state index contributed by atoms with van der Waals surface area (Å²) in [5.74, 6) is -3.69. The van der Waals surface area contributed by atoms with Gasteiger partial charge in [-0.05, 0) is 20.3 Å². The van der Waals surface area contributed by atoms with Crippen LogP contribution in [-0.2, 0) is 23.8 Å². The van der Waals surface area contributed by atoms with E-state index in [1.165, 1.54) is 0 Å². The fourth-order valence-electron chi connectivity index (χ4n) is 2.54. The van der Waals surface area contributed by atoms with Crippen molar-refractivity contribution in [2.75, 3.05) is 6.61 Å². The lowest BCUT2D eigenvalue weighted by Crippen LogP contribution is -2.35. The number of rotatable bonds is 2. The molecule has 0 radical (unpaired) electrons. The zero-order valence-electron chi connectivity index (χ0n) is 10.3. The van der Waals surface area contributed by atoms with Crippen molar-refractivity contribution in [3.63, 3.8) is 0 Å². The Labute approximate surface area is 104 Å². The highest BCUT2D eigenvalue weighted by atomic mass is 16.8. The molecule has 1 saturated carbocycles. The first-order valence-corrected chi connectivity index (χ1v) is 5.81. The van der Waals surface area contributed by atoms with Gasteiger partial charge in [-0.3, -0.25) is 0 Å². The van der Waals surface area contributed by atoms with Crippen molar-refractivity contribution in [1.29, 1.82) is 0 Å². The zero-order chi connectivity index (χ0) is 13.5. The van der Waals surface area contributed by atoms with E-state index in [0.29, 0.717) is 6.42 Å². The second-order valence-electron chi connectivity index (χ2n) is 5.13. The molecule has 0 bridgehead atoms. The Balaban J connectivity index is 1.95. The first kappa shape index (κ1) is 13.3. The molecule has 102 valence electrons. The monoisotopic (exact) mass is 259 g/mol. The van der Waals surface area contributed by atoms with Crippen LogP contribution in [0.5, 0.6) is 0 Å². The number of hydrogen-bond acceptors (Lipinski definition) is 6. The van der Waals surface area contributed by atoms with Crippen LogP contribution < -0.4 is 5.73 Å². The van der Waals surface area contributed by atoms with Crippen molar-refractivity contribution in [1.82, 2.24) is 0 Å². The van der Waals surface area contributed by atoms with E-state index in [1.807, 2.05) is 0 Å². The number of nitrogens with two attached hydrogens (primary N) is 1. The normalized spacial score (nSPS) is 37.3. The average Bonchev–Trinajstić information content (AvgIpc) is 2.71. The summed E-state index contributed by atoms with van der Waals surface area (Å²) in [4.78, 5) is 21.2. The Morgan fingerprint density at radius 1 is 1.39 bits per heavy atom. The largest absolute Gasteiger partial charge is 0.473 e. The highest BCUT2D eigenvalue weighted by molar-refractivity contribution is 6.28. The molecule has 2 rings (SSSR count). The van der Waals surface area contributed by atoms with E-state index in [0.717, 1.165) is 0 Å². The molecule has 0 aromatic rings. The van der Waals surface area contributed by atoms with Gasteiger partial charge in [0.05, 0.1) is 12.7 Å². The van der Waals surface area contributed by atoms with Crippen molar-refractivity contribution in [3.8, 4) is 0 Å². The predicted molar refractivity (Wildman–Crippen MR) is 58.5 cm³/mol. The van der Waals surface area contributed by atoms with Gasteiger partial charge in [-0.15, -0.1) is 0 Å². The Bertz CT molecular complexity index is 369. The van der Waals surface area contributed by atoms with E-state index in [2.05, 4.69) is 4.74 Å². The standard InChI is InChI=1S/C11H17NO6/c1-11(2)17-7-5(3-6(12)8(7)18-11)4-16-10(15)9(13)14/h5-8H,3-4,12H2,1-2H3,(H,13,14)/t5-,6-,7-,8+/m1/s1. The maximum atomic E-state index is 10.9. The summed E-state index contributed by atoms with van der Waals surface area (Å²) in [5.41, 5.74) is 5.94. The maximum Gasteiger partial charge on any atom is 0.417 e. The fraction of sp³-hybridized carbons (Fsp3) is 0.818. The van der Waals surface area contributed by atoms with Crippen LogP contribution in [0.1, 0.15) is 20.3 Å². The molecule has 7 nitrogen and oxygen atoms in total. The van der Waals surface area contributed by atoms with E-state index < -0.39 is 17.7 Å². The lowest BCUT2D eigenvalue weighted by Gasteiger charge is -2.22. The summed E-state index contributed by atoms with van der Waals surface area (Å²) < 4.78 is 16.1. The Kier molecular flexibility index (Phi) is 3.31. The van der Waals surface area contributed by atoms with Crippen LogP contribution in [0, 0.1) is 5.92 Å². The second-order valence-corrected chi connectivity index (χ2v) is 5.13. The molecular weight excluding hydrogens is 242 g/mol. The molecule has 18 heavy (non-hydrogen) atoms. The van der Waals surface area contributed by atoms with Gasteiger partial charge >= 0.3 is 11.9 Å². The van der Waals surface area contributed by atoms with E-state index in [9.17, 15) is 9.59 Å². The number of aliphatic carboxylic acids is 1. The molecule has 3 N–H and O–H groups in total. The van der Waals surface area contributed by atoms with E-state index in [4.69, 9.17) is 20.3 Å². The number of carbonyl (C=O) groups is 2. The number of carbonyl (C=O) groups excluding carboxylic acids is 1. The van der Waals surface area contributed by atoms with Crippen LogP contribution >= 0.6 is 0 Å². The lowest BCUT2D eigenvalue weighted by atomic mass is 10.1. The van der Waals surface area contributed by atoms with Gasteiger partial charge in [0.25, 0.3) is 0 Å². The summed E-state index contributed by atoms with van der Waals surface area (Å²) >= 11 is 0. The van der Waals surface area contributed by atoms with E-state index in [-0.39, 0.29) is 30.8 Å². The minimum Gasteiger partial charge on any atom is -0.473 e. The summed E-state index contributed by atoms with van der Waals surface area (Å²) in [7, 11) is 0. The van der Waals surface area contributed by atoms with Crippen molar-refractivity contribution < 1.29 is 28.9 Å². The van der Waals surface area contributed by atoms with Crippen LogP contribution in [0.15, 0.2) is 0 Å². The minimum absolute atomic E-state index is 0.0144. The first-order valence-electron chi connectivity index (χ1n) is 5.81. The molecule has 0 aromatic carbocycles. The Morgan fingerprint density at radius 2 is 2.00 bits per heavy atom. The lowest BCUT2D eigenvalue weighted by molar-refractivity contribution is -0.169. The number of esters is 1. The molecular formula is C11H17NO6. The van der Waals surface area contributed by atoms with Crippen molar-refractivity contribution in [3.05, 3.63) is 0 Å². The third-order valence-electron chi connectivity index (χ3n) is 3.23. The van der Waals surface area contributed by atoms with Crippen LogP contribution in [-0.4, -0.2) is 47.7 Å². The van der Waals surface area contributed by atoms with Gasteiger partial charge in [0, 0.05) is 12.0 Å². The van der Waals surface area contributed by atoms with Gasteiger partial charge in [-0.2, -0.15) is 0 Å². The summed E-state index contributed by atoms with van der Waals surface area (Å²) in [6, 6.07) is -0.190. The highest BCUT2D eigenvalue weighted by Crippen LogP contribution is 2.40. The predicted octanol–water partition coefficient (Wildman–Crippen LogP) is -0.518. The van der Waals surface area contributed by atoms with Crippen molar-refractivity contribution >= 4 is 11.9 Å². The van der Waals surface area contributed by atoms with Crippen molar-refractivity contribution in [2.45, 2.75) is 44.3 Å². The number of carboxylic acids is 1. The summed E-state index contributed by atoms with van der Waals surface area (Å²) in [6.07, 6.45) is 0.100. The van der Waals surface area contributed by atoms with Gasteiger partial charge in [0.2, 0.25) is 0 Å². The van der Waals surface area contributed by atoms with Crippen LogP contribution in [0.25, 0.3) is 0 Å². The molecule has 2 fully saturated rings. The topological polar surface area (TPSA) is 108 Å². The quantitative estimate of drug-likeness (QED) is 0.507. The molecule has 0 amide bonds. The zero-order valence-corrected chi connectivity index (χ0v) is 10.3. The van der Waals surface area contributed by atoms with Crippen molar-refractivity contribution in [2.24, 2.45) is 11.7 Å². The third kappa shape index (κ3) is 2.47. The van der Waals surface area contributed by atoms with Gasteiger partial charge in [-0.1, -0.05) is 0 Å². The maximum absolute atomic E-state index is 10.9. The number of fused-ring (bicyclic) bond motifs is 1. The number of ether oxygens (including phenoxy) is 3. The minimum atomic E-state index is -1.60. The molecule has 7 heteroatoms. The molecule has 0 aromatic heterocycles. The number of hydrogen-bond donors (Lipinski definition) is 2. The molecule has 2 aliphatic rings. The Hall–Kier alpha value is -1.18. The smallest absolute Gasteiger partial charge is 0.417 e. The molecule has 4 atom stereocenters. The Morgan fingerprint density at radius 3 is 2.61 bits per heavy atom. The molecule has 1 saturated heterocycles. The summed E-state index contributed by atoms with van der Waals surface area (Å²) in [6.45, 7) is 3.57. The van der Waals surface area contributed by atoms with E-state index >= 15 is 0 Å². The van der Waals surface area contributed by atoms with Gasteiger partial charge in [-0.25, -0.2) is 9.59 Å². The van der Waals surface area contributed by atoms with Gasteiger partial charge < -0.3 is 25.1 Å². The van der Waals surface area contributed by atoms with Gasteiger partial charge in [0.15, 0.2) is 5.79 Å². The number of carboxylic acid groups (broad SMARTS) is 1. The van der Waals surface area contributed by atoms with Crippen LogP contribution in [0.3, 0.4) is 0 Å². The van der Waals surface area contributed by atoms with Crippen LogP contribution in [0.4, 0.5) is 0 Å². The first-order chi connectivity index (χ1) is 8.30. The molecule has 1 aliphatic heterocycles. The molecule has 0 spiro atoms. The molecule has 1 heterocycles. The van der Waals surface area contributed by atoms with Crippen LogP contribution in [0.2, 0.25) is 0 Å². The van der Waals surface area contributed by atoms with E-state index in [1.54, 1.807) is 13.8 Å². The molecule has 0 unspecified atom stereocenters. The second kappa shape index (κ2) is 4.49. The van der Waals surface area contributed by atoms with Gasteiger partial charge in [0.1, 0.15) is 6.10 Å².